The third kappa shape index (κ3) is 2.58. The maximum Gasteiger partial charge on any atom is 0.303 e. The average molecular weight is 386 g/mol. The summed E-state index contributed by atoms with van der Waals surface area (Å²) in [5.41, 5.74) is 0.463. The standard InChI is InChI=1S/C23H30O5/c1-13(25)23(28-14(2)26)9-7-21-20-10-15(12-24)19-11-16(27)4-5-17(19)18(20)6-8-22(21,23)3/h10-11,17-18,20-21,24H,4-9,12H2,1-3H3/t17-,18-,20-,21+,22+,23+/m1/s1. The quantitative estimate of drug-likeness (QED) is 0.754. The molecule has 0 aromatic carbocycles. The van der Waals surface area contributed by atoms with Crippen LogP contribution in [0.1, 0.15) is 59.3 Å². The first kappa shape index (κ1) is 19.6. The number of allylic oxidation sites excluding steroid dienone is 2. The van der Waals surface area contributed by atoms with Crippen LogP contribution in [0.25, 0.3) is 0 Å². The number of fused-ring (bicyclic) bond motifs is 5. The van der Waals surface area contributed by atoms with Crippen LogP contribution in [-0.2, 0) is 19.1 Å². The molecule has 0 unspecified atom stereocenters. The summed E-state index contributed by atoms with van der Waals surface area (Å²) in [5.74, 6) is 0.898. The van der Waals surface area contributed by atoms with Crippen LogP contribution in [0, 0.1) is 29.1 Å². The Bertz CT molecular complexity index is 793. The topological polar surface area (TPSA) is 80.7 Å². The monoisotopic (exact) mass is 386 g/mol. The van der Waals surface area contributed by atoms with Crippen molar-refractivity contribution in [2.75, 3.05) is 6.61 Å². The predicted molar refractivity (Wildman–Crippen MR) is 103 cm³/mol. The number of hydrogen-bond donors (Lipinski definition) is 1. The lowest BCUT2D eigenvalue weighted by Crippen LogP contribution is -2.57. The number of rotatable bonds is 3. The SMILES string of the molecule is CC(=O)O[C@]1(C(C)=O)CC[C@H]2[C@@H]3C=C(CO)C4=CC(=O)CC[C@@H]4[C@H]3CC[C@@]21C. The second-order valence-electron chi connectivity index (χ2n) is 9.38. The van der Waals surface area contributed by atoms with Crippen LogP contribution in [0.15, 0.2) is 23.3 Å². The Morgan fingerprint density at radius 3 is 2.61 bits per heavy atom. The van der Waals surface area contributed by atoms with E-state index in [0.29, 0.717) is 24.7 Å². The smallest absolute Gasteiger partial charge is 0.303 e. The summed E-state index contributed by atoms with van der Waals surface area (Å²) in [6, 6.07) is 0. The molecule has 4 aliphatic rings. The van der Waals surface area contributed by atoms with E-state index in [-0.39, 0.29) is 30.0 Å². The Balaban J connectivity index is 1.77. The van der Waals surface area contributed by atoms with E-state index in [4.69, 9.17) is 4.74 Å². The fraction of sp³-hybridized carbons (Fsp3) is 0.696. The van der Waals surface area contributed by atoms with Gasteiger partial charge in [0.2, 0.25) is 0 Å². The maximum absolute atomic E-state index is 12.7. The molecule has 0 saturated heterocycles. The van der Waals surface area contributed by atoms with Crippen molar-refractivity contribution in [1.29, 1.82) is 0 Å². The molecule has 5 heteroatoms. The van der Waals surface area contributed by atoms with Crippen molar-refractivity contribution < 1.29 is 24.2 Å². The molecule has 4 aliphatic carbocycles. The maximum atomic E-state index is 12.7. The molecule has 2 fully saturated rings. The van der Waals surface area contributed by atoms with Crippen LogP contribution < -0.4 is 0 Å². The fourth-order valence-corrected chi connectivity index (χ4v) is 7.05. The number of carbonyl (C=O) groups excluding carboxylic acids is 3. The van der Waals surface area contributed by atoms with Gasteiger partial charge in [0.05, 0.1) is 6.61 Å². The number of carbonyl (C=O) groups is 3. The molecule has 0 aromatic rings. The molecule has 5 nitrogen and oxygen atoms in total. The number of aliphatic hydroxyl groups is 1. The van der Waals surface area contributed by atoms with Crippen LogP contribution in [0.3, 0.4) is 0 Å². The van der Waals surface area contributed by atoms with E-state index < -0.39 is 17.0 Å². The normalized spacial score (nSPS) is 41.9. The lowest BCUT2D eigenvalue weighted by Gasteiger charge is -2.54. The Hall–Kier alpha value is -1.75. The van der Waals surface area contributed by atoms with Gasteiger partial charge in [-0.3, -0.25) is 14.4 Å². The summed E-state index contributed by atoms with van der Waals surface area (Å²) in [4.78, 5) is 36.6. The highest BCUT2D eigenvalue weighted by Gasteiger charge is 2.66. The summed E-state index contributed by atoms with van der Waals surface area (Å²) in [6.45, 7) is 4.98. The minimum Gasteiger partial charge on any atom is -0.451 e. The lowest BCUT2D eigenvalue weighted by atomic mass is 9.51. The number of esters is 1. The van der Waals surface area contributed by atoms with Crippen LogP contribution in [0.2, 0.25) is 0 Å². The molecule has 0 amide bonds. The first-order chi connectivity index (χ1) is 13.2. The van der Waals surface area contributed by atoms with Gasteiger partial charge in [-0.05, 0) is 79.9 Å². The molecule has 0 aliphatic heterocycles. The largest absolute Gasteiger partial charge is 0.451 e. The van der Waals surface area contributed by atoms with Crippen molar-refractivity contribution in [3.05, 3.63) is 23.3 Å². The number of ether oxygens (including phenoxy) is 1. The average Bonchev–Trinajstić information content (AvgIpc) is 2.94. The van der Waals surface area contributed by atoms with Crippen LogP contribution >= 0.6 is 0 Å². The molecule has 4 rings (SSSR count). The van der Waals surface area contributed by atoms with Crippen molar-refractivity contribution in [1.82, 2.24) is 0 Å². The Morgan fingerprint density at radius 1 is 1.21 bits per heavy atom. The van der Waals surface area contributed by atoms with Crippen LogP contribution in [0.5, 0.6) is 0 Å². The minimum atomic E-state index is -1.04. The van der Waals surface area contributed by atoms with Crippen molar-refractivity contribution in [3.8, 4) is 0 Å². The highest BCUT2D eigenvalue weighted by Crippen LogP contribution is 2.65. The second kappa shape index (κ2) is 6.65. The molecule has 2 saturated carbocycles. The van der Waals surface area contributed by atoms with E-state index >= 15 is 0 Å². The summed E-state index contributed by atoms with van der Waals surface area (Å²) in [5, 5.41) is 9.98. The molecule has 0 radical (unpaired) electrons. The van der Waals surface area contributed by atoms with E-state index in [0.717, 1.165) is 36.8 Å². The fourth-order valence-electron chi connectivity index (χ4n) is 7.05. The second-order valence-corrected chi connectivity index (χ2v) is 9.38. The number of aliphatic hydroxyl groups excluding tert-OH is 1. The van der Waals surface area contributed by atoms with Crippen molar-refractivity contribution in [2.24, 2.45) is 29.1 Å². The molecular weight excluding hydrogens is 356 g/mol. The van der Waals surface area contributed by atoms with Gasteiger partial charge in [-0.2, -0.15) is 0 Å². The van der Waals surface area contributed by atoms with Gasteiger partial charge in [-0.25, -0.2) is 0 Å². The van der Waals surface area contributed by atoms with E-state index in [1.807, 2.05) is 0 Å². The Morgan fingerprint density at radius 2 is 1.96 bits per heavy atom. The van der Waals surface area contributed by atoms with E-state index in [2.05, 4.69) is 13.0 Å². The zero-order chi connectivity index (χ0) is 20.3. The van der Waals surface area contributed by atoms with E-state index in [9.17, 15) is 19.5 Å². The summed E-state index contributed by atoms with van der Waals surface area (Å²) >= 11 is 0. The van der Waals surface area contributed by atoms with Gasteiger partial charge in [0.1, 0.15) is 0 Å². The summed E-state index contributed by atoms with van der Waals surface area (Å²) in [7, 11) is 0. The third-order valence-corrected chi connectivity index (χ3v) is 8.26. The lowest BCUT2D eigenvalue weighted by molar-refractivity contribution is -0.184. The number of ketones is 2. The summed E-state index contributed by atoms with van der Waals surface area (Å²) < 4.78 is 5.77. The van der Waals surface area contributed by atoms with Gasteiger partial charge in [-0.15, -0.1) is 0 Å². The van der Waals surface area contributed by atoms with Gasteiger partial charge in [-0.1, -0.05) is 13.0 Å². The van der Waals surface area contributed by atoms with Gasteiger partial charge in [0.15, 0.2) is 17.2 Å². The van der Waals surface area contributed by atoms with Crippen LogP contribution in [-0.4, -0.2) is 34.9 Å². The van der Waals surface area contributed by atoms with Crippen molar-refractivity contribution >= 4 is 17.5 Å². The van der Waals surface area contributed by atoms with Crippen LogP contribution in [0.4, 0.5) is 0 Å². The molecule has 152 valence electrons. The van der Waals surface area contributed by atoms with Crippen molar-refractivity contribution in [3.63, 3.8) is 0 Å². The zero-order valence-electron chi connectivity index (χ0n) is 17.0. The van der Waals surface area contributed by atoms with Crippen molar-refractivity contribution in [2.45, 2.75) is 64.9 Å². The zero-order valence-corrected chi connectivity index (χ0v) is 17.0. The van der Waals surface area contributed by atoms with Gasteiger partial charge >= 0.3 is 5.97 Å². The molecule has 6 atom stereocenters. The molecule has 0 bridgehead atoms. The molecule has 0 aromatic heterocycles. The van der Waals surface area contributed by atoms with Gasteiger partial charge in [0, 0.05) is 18.8 Å². The highest BCUT2D eigenvalue weighted by atomic mass is 16.6. The molecule has 28 heavy (non-hydrogen) atoms. The summed E-state index contributed by atoms with van der Waals surface area (Å²) in [6.07, 6.45) is 8.51. The van der Waals surface area contributed by atoms with E-state index in [1.54, 1.807) is 13.0 Å². The predicted octanol–water partition coefficient (Wildman–Crippen LogP) is 3.16. The van der Waals surface area contributed by atoms with E-state index in [1.165, 1.54) is 6.92 Å². The Kier molecular flexibility index (Phi) is 4.65. The first-order valence-electron chi connectivity index (χ1n) is 10.5. The molecule has 0 heterocycles. The third-order valence-electron chi connectivity index (χ3n) is 8.26. The number of hydrogen-bond acceptors (Lipinski definition) is 5. The molecule has 1 N–H and O–H groups in total. The number of Topliss-reactive ketones (excluding diaryl/α,β-unsaturated/α-hetero) is 1. The highest BCUT2D eigenvalue weighted by molar-refractivity contribution is 5.92. The molecule has 0 spiro atoms. The first-order valence-corrected chi connectivity index (χ1v) is 10.5. The van der Waals surface area contributed by atoms with Gasteiger partial charge < -0.3 is 9.84 Å². The Labute approximate surface area is 166 Å². The molecular formula is C23H30O5. The van der Waals surface area contributed by atoms with Gasteiger partial charge in [0.25, 0.3) is 0 Å². The minimum absolute atomic E-state index is 0.0582.